The number of anilines is 1. The molecule has 5 nitrogen and oxygen atoms in total. The van der Waals surface area contributed by atoms with Crippen LogP contribution in [0.3, 0.4) is 0 Å². The molecule has 1 N–H and O–H groups in total. The second-order valence-electron chi connectivity index (χ2n) is 5.58. The van der Waals surface area contributed by atoms with Gasteiger partial charge < -0.3 is 10.2 Å². The van der Waals surface area contributed by atoms with E-state index in [4.69, 9.17) is 0 Å². The summed E-state index contributed by atoms with van der Waals surface area (Å²) in [6, 6.07) is 0. The molecule has 108 valence electrons. The van der Waals surface area contributed by atoms with Gasteiger partial charge in [0.25, 0.3) is 0 Å². The van der Waals surface area contributed by atoms with E-state index in [0.29, 0.717) is 5.92 Å². The molecule has 0 unspecified atom stereocenters. The van der Waals surface area contributed by atoms with Crippen LogP contribution in [-0.4, -0.2) is 60.5 Å². The fourth-order valence-corrected chi connectivity index (χ4v) is 1.89. The second kappa shape index (κ2) is 8.07. The van der Waals surface area contributed by atoms with E-state index in [-0.39, 0.29) is 0 Å². The third kappa shape index (κ3) is 6.50. The van der Waals surface area contributed by atoms with Crippen molar-refractivity contribution in [3.8, 4) is 0 Å². The van der Waals surface area contributed by atoms with Gasteiger partial charge in [-0.3, -0.25) is 9.88 Å². The van der Waals surface area contributed by atoms with Crippen LogP contribution in [0.4, 0.5) is 5.82 Å². The van der Waals surface area contributed by atoms with E-state index in [2.05, 4.69) is 53.0 Å². The number of nitrogens with zero attached hydrogens (tertiary/aromatic N) is 4. The standard InChI is InChI=1S/C14H27N5/c1-12(2)10-19(7-6-18(4)5)11-13-8-17-14(15-3)9-16-13/h8-9,12H,6-7,10-11H2,1-5H3,(H,15,17). The highest BCUT2D eigenvalue weighted by Gasteiger charge is 2.09. The number of rotatable bonds is 8. The lowest BCUT2D eigenvalue weighted by Gasteiger charge is -2.25. The van der Waals surface area contributed by atoms with Crippen LogP contribution in [0.25, 0.3) is 0 Å². The van der Waals surface area contributed by atoms with Gasteiger partial charge >= 0.3 is 0 Å². The number of nitrogens with one attached hydrogen (secondary N) is 1. The molecular weight excluding hydrogens is 238 g/mol. The maximum Gasteiger partial charge on any atom is 0.144 e. The Morgan fingerprint density at radius 1 is 1.16 bits per heavy atom. The predicted molar refractivity (Wildman–Crippen MR) is 80.2 cm³/mol. The molecule has 0 saturated heterocycles. The zero-order valence-electron chi connectivity index (χ0n) is 12.8. The van der Waals surface area contributed by atoms with Gasteiger partial charge in [-0.05, 0) is 20.0 Å². The number of aromatic nitrogens is 2. The molecule has 0 bridgehead atoms. The Kier molecular flexibility index (Phi) is 6.73. The molecule has 0 fully saturated rings. The molecule has 5 heteroatoms. The second-order valence-corrected chi connectivity index (χ2v) is 5.58. The Labute approximate surface area is 117 Å². The number of hydrogen-bond acceptors (Lipinski definition) is 5. The molecule has 1 aromatic rings. The van der Waals surface area contributed by atoms with Crippen LogP contribution in [0.15, 0.2) is 12.4 Å². The zero-order valence-corrected chi connectivity index (χ0v) is 12.8. The predicted octanol–water partition coefficient (Wildman–Crippen LogP) is 1.54. The van der Waals surface area contributed by atoms with E-state index < -0.39 is 0 Å². The lowest BCUT2D eigenvalue weighted by Crippen LogP contribution is -2.34. The minimum absolute atomic E-state index is 0.659. The lowest BCUT2D eigenvalue weighted by atomic mass is 10.2. The van der Waals surface area contributed by atoms with Crippen LogP contribution >= 0.6 is 0 Å². The largest absolute Gasteiger partial charge is 0.372 e. The third-order valence-corrected chi connectivity index (χ3v) is 2.83. The van der Waals surface area contributed by atoms with Gasteiger partial charge in [0, 0.05) is 33.2 Å². The summed E-state index contributed by atoms with van der Waals surface area (Å²) in [6.45, 7) is 8.57. The molecule has 1 heterocycles. The summed E-state index contributed by atoms with van der Waals surface area (Å²) in [5, 5.41) is 2.99. The first-order valence-corrected chi connectivity index (χ1v) is 6.87. The first-order chi connectivity index (χ1) is 9.01. The van der Waals surface area contributed by atoms with E-state index in [9.17, 15) is 0 Å². The molecule has 1 aromatic heterocycles. The van der Waals surface area contributed by atoms with Gasteiger partial charge in [0.1, 0.15) is 5.82 Å². The normalized spacial score (nSPS) is 11.6. The highest BCUT2D eigenvalue weighted by atomic mass is 15.2. The van der Waals surface area contributed by atoms with Gasteiger partial charge in [0.15, 0.2) is 0 Å². The maximum atomic E-state index is 4.44. The molecule has 0 atom stereocenters. The first kappa shape index (κ1) is 15.9. The summed E-state index contributed by atoms with van der Waals surface area (Å²) in [5.41, 5.74) is 1.03. The van der Waals surface area contributed by atoms with Crippen molar-refractivity contribution in [2.24, 2.45) is 5.92 Å². The zero-order chi connectivity index (χ0) is 14.3. The Morgan fingerprint density at radius 3 is 2.37 bits per heavy atom. The first-order valence-electron chi connectivity index (χ1n) is 6.87. The van der Waals surface area contributed by atoms with Gasteiger partial charge in [-0.1, -0.05) is 13.8 Å². The Morgan fingerprint density at radius 2 is 1.89 bits per heavy atom. The monoisotopic (exact) mass is 265 g/mol. The van der Waals surface area contributed by atoms with E-state index >= 15 is 0 Å². The van der Waals surface area contributed by atoms with Gasteiger partial charge in [-0.2, -0.15) is 0 Å². The average Bonchev–Trinajstić information content (AvgIpc) is 2.36. The van der Waals surface area contributed by atoms with Crippen molar-refractivity contribution in [1.82, 2.24) is 19.8 Å². The Balaban J connectivity index is 2.58. The van der Waals surface area contributed by atoms with Gasteiger partial charge in [0.05, 0.1) is 18.1 Å². The summed E-state index contributed by atoms with van der Waals surface area (Å²) in [6.07, 6.45) is 3.64. The van der Waals surface area contributed by atoms with E-state index in [1.807, 2.05) is 13.2 Å². The fraction of sp³-hybridized carbons (Fsp3) is 0.714. The highest BCUT2D eigenvalue weighted by Crippen LogP contribution is 2.06. The molecule has 0 spiro atoms. The minimum atomic E-state index is 0.659. The van der Waals surface area contributed by atoms with Gasteiger partial charge in [-0.25, -0.2) is 4.98 Å². The molecule has 1 rings (SSSR count). The fourth-order valence-electron chi connectivity index (χ4n) is 1.89. The maximum absolute atomic E-state index is 4.44. The minimum Gasteiger partial charge on any atom is -0.372 e. The molecule has 0 saturated carbocycles. The van der Waals surface area contributed by atoms with E-state index in [0.717, 1.165) is 37.7 Å². The molecule has 0 aliphatic carbocycles. The van der Waals surface area contributed by atoms with Gasteiger partial charge in [-0.15, -0.1) is 0 Å². The van der Waals surface area contributed by atoms with Crippen molar-refractivity contribution in [2.45, 2.75) is 20.4 Å². The van der Waals surface area contributed by atoms with Crippen LogP contribution in [-0.2, 0) is 6.54 Å². The van der Waals surface area contributed by atoms with Crippen LogP contribution in [0.2, 0.25) is 0 Å². The molecule has 0 aromatic carbocycles. The topological polar surface area (TPSA) is 44.3 Å². The Bertz CT molecular complexity index is 347. The summed E-state index contributed by atoms with van der Waals surface area (Å²) in [5.74, 6) is 1.47. The molecule has 19 heavy (non-hydrogen) atoms. The molecular formula is C14H27N5. The van der Waals surface area contributed by atoms with E-state index in [1.54, 1.807) is 6.20 Å². The number of likely N-dealkylation sites (N-methyl/N-ethyl adjacent to an activating group) is 1. The molecule has 0 aliphatic rings. The third-order valence-electron chi connectivity index (χ3n) is 2.83. The van der Waals surface area contributed by atoms with Crippen molar-refractivity contribution >= 4 is 5.82 Å². The van der Waals surface area contributed by atoms with Crippen LogP contribution in [0.5, 0.6) is 0 Å². The van der Waals surface area contributed by atoms with Crippen LogP contribution in [0.1, 0.15) is 19.5 Å². The molecule has 0 radical (unpaired) electrons. The van der Waals surface area contributed by atoms with Gasteiger partial charge in [0.2, 0.25) is 0 Å². The average molecular weight is 265 g/mol. The number of hydrogen-bond donors (Lipinski definition) is 1. The SMILES string of the molecule is CNc1cnc(CN(CCN(C)C)CC(C)C)cn1. The van der Waals surface area contributed by atoms with Crippen molar-refractivity contribution in [2.75, 3.05) is 46.1 Å². The van der Waals surface area contributed by atoms with E-state index in [1.165, 1.54) is 0 Å². The lowest BCUT2D eigenvalue weighted by molar-refractivity contribution is 0.209. The summed E-state index contributed by atoms with van der Waals surface area (Å²) in [7, 11) is 6.07. The van der Waals surface area contributed by atoms with Crippen LogP contribution < -0.4 is 5.32 Å². The van der Waals surface area contributed by atoms with Crippen molar-refractivity contribution in [3.05, 3.63) is 18.1 Å². The molecule has 0 amide bonds. The van der Waals surface area contributed by atoms with Crippen LogP contribution in [0, 0.1) is 5.92 Å². The summed E-state index contributed by atoms with van der Waals surface area (Å²) >= 11 is 0. The van der Waals surface area contributed by atoms with Crippen molar-refractivity contribution in [3.63, 3.8) is 0 Å². The quantitative estimate of drug-likeness (QED) is 0.772. The Hall–Kier alpha value is -1.20. The summed E-state index contributed by atoms with van der Waals surface area (Å²) in [4.78, 5) is 13.4. The smallest absolute Gasteiger partial charge is 0.144 e. The van der Waals surface area contributed by atoms with Crippen molar-refractivity contribution in [1.29, 1.82) is 0 Å². The summed E-state index contributed by atoms with van der Waals surface area (Å²) < 4.78 is 0. The highest BCUT2D eigenvalue weighted by molar-refractivity contribution is 5.29. The van der Waals surface area contributed by atoms with Crippen molar-refractivity contribution < 1.29 is 0 Å². The molecule has 0 aliphatic heterocycles.